The first-order chi connectivity index (χ1) is 12.2. The van der Waals surface area contributed by atoms with E-state index in [1.54, 1.807) is 13.3 Å². The molecule has 2 aliphatic heterocycles. The van der Waals surface area contributed by atoms with Crippen LogP contribution in [0.15, 0.2) is 18.3 Å². The molecule has 1 saturated carbocycles. The number of anilines is 1. The Balaban J connectivity index is 0.00000131. The fourth-order valence-electron chi connectivity index (χ4n) is 4.59. The van der Waals surface area contributed by atoms with Crippen LogP contribution in [0.1, 0.15) is 32.1 Å². The molecule has 1 aromatic rings. The SMILES string of the molecule is COc1ccnc(N2CCN(C(=O)C3CC4CCCCC4N3)CC2)c1.Cl.Cl. The third kappa shape index (κ3) is 4.79. The smallest absolute Gasteiger partial charge is 0.239 e. The third-order valence-electron chi connectivity index (χ3n) is 6.03. The fraction of sp³-hybridized carbons (Fsp3) is 0.684. The second kappa shape index (κ2) is 9.80. The minimum atomic E-state index is 0. The third-order valence-corrected chi connectivity index (χ3v) is 6.03. The topological polar surface area (TPSA) is 57.7 Å². The molecule has 1 aromatic heterocycles. The van der Waals surface area contributed by atoms with Gasteiger partial charge in [0.05, 0.1) is 13.2 Å². The molecule has 3 unspecified atom stereocenters. The molecule has 2 saturated heterocycles. The van der Waals surface area contributed by atoms with Gasteiger partial charge in [-0.1, -0.05) is 12.8 Å². The quantitative estimate of drug-likeness (QED) is 0.819. The lowest BCUT2D eigenvalue weighted by atomic mass is 9.85. The van der Waals surface area contributed by atoms with Crippen LogP contribution in [-0.4, -0.2) is 61.2 Å². The first-order valence-corrected chi connectivity index (χ1v) is 9.54. The van der Waals surface area contributed by atoms with Gasteiger partial charge in [0.25, 0.3) is 0 Å². The average Bonchev–Trinajstić information content (AvgIpc) is 3.12. The Morgan fingerprint density at radius 3 is 2.63 bits per heavy atom. The Hall–Kier alpha value is -1.24. The molecule has 3 heterocycles. The summed E-state index contributed by atoms with van der Waals surface area (Å²) in [7, 11) is 1.67. The van der Waals surface area contributed by atoms with Gasteiger partial charge in [0.15, 0.2) is 0 Å². The number of aromatic nitrogens is 1. The second-order valence-electron chi connectivity index (χ2n) is 7.47. The molecule has 1 aliphatic carbocycles. The van der Waals surface area contributed by atoms with E-state index >= 15 is 0 Å². The monoisotopic (exact) mass is 416 g/mol. The van der Waals surface area contributed by atoms with E-state index < -0.39 is 0 Å². The maximum Gasteiger partial charge on any atom is 0.239 e. The molecule has 27 heavy (non-hydrogen) atoms. The van der Waals surface area contributed by atoms with Crippen molar-refractivity contribution in [3.8, 4) is 5.75 Å². The van der Waals surface area contributed by atoms with Gasteiger partial charge >= 0.3 is 0 Å². The molecule has 8 heteroatoms. The van der Waals surface area contributed by atoms with E-state index in [0.717, 1.165) is 44.2 Å². The highest BCUT2D eigenvalue weighted by Gasteiger charge is 2.40. The van der Waals surface area contributed by atoms with Gasteiger partial charge in [0, 0.05) is 44.5 Å². The van der Waals surface area contributed by atoms with E-state index in [4.69, 9.17) is 4.74 Å². The van der Waals surface area contributed by atoms with Crippen LogP contribution in [-0.2, 0) is 4.79 Å². The number of hydrogen-bond donors (Lipinski definition) is 1. The fourth-order valence-corrected chi connectivity index (χ4v) is 4.59. The van der Waals surface area contributed by atoms with Crippen molar-refractivity contribution in [1.29, 1.82) is 0 Å². The second-order valence-corrected chi connectivity index (χ2v) is 7.47. The molecule has 1 amide bonds. The summed E-state index contributed by atoms with van der Waals surface area (Å²) < 4.78 is 5.28. The van der Waals surface area contributed by atoms with Gasteiger partial charge in [0.1, 0.15) is 11.6 Å². The Labute approximate surface area is 173 Å². The number of ether oxygens (including phenoxy) is 1. The lowest BCUT2D eigenvalue weighted by Crippen LogP contribution is -2.53. The standard InChI is InChI=1S/C19H28N4O2.2ClH/c1-25-15-6-7-20-18(13-15)22-8-10-23(11-9-22)19(24)17-12-14-4-2-3-5-16(14)21-17;;/h6-7,13-14,16-17,21H,2-5,8-12H2,1H3;2*1H. The Morgan fingerprint density at radius 1 is 1.19 bits per heavy atom. The molecule has 3 atom stereocenters. The molecule has 0 spiro atoms. The summed E-state index contributed by atoms with van der Waals surface area (Å²) in [6.45, 7) is 3.19. The molecular formula is C19H30Cl2N4O2. The number of carbonyl (C=O) groups is 1. The number of rotatable bonds is 3. The van der Waals surface area contributed by atoms with Crippen molar-refractivity contribution in [2.45, 2.75) is 44.2 Å². The highest BCUT2D eigenvalue weighted by atomic mass is 35.5. The van der Waals surface area contributed by atoms with Crippen LogP contribution in [0.3, 0.4) is 0 Å². The van der Waals surface area contributed by atoms with Crippen molar-refractivity contribution in [2.24, 2.45) is 5.92 Å². The minimum absolute atomic E-state index is 0. The maximum atomic E-state index is 12.9. The Kier molecular flexibility index (Phi) is 8.01. The zero-order valence-electron chi connectivity index (χ0n) is 15.8. The average molecular weight is 417 g/mol. The predicted molar refractivity (Wildman–Crippen MR) is 111 cm³/mol. The van der Waals surface area contributed by atoms with E-state index in [2.05, 4.69) is 15.2 Å². The number of fused-ring (bicyclic) bond motifs is 1. The first-order valence-electron chi connectivity index (χ1n) is 9.54. The van der Waals surface area contributed by atoms with Crippen LogP contribution in [0.5, 0.6) is 5.75 Å². The lowest BCUT2D eigenvalue weighted by Gasteiger charge is -2.36. The molecule has 152 valence electrons. The zero-order valence-corrected chi connectivity index (χ0v) is 17.4. The number of nitrogens with one attached hydrogen (secondary N) is 1. The minimum Gasteiger partial charge on any atom is -0.497 e. The van der Waals surface area contributed by atoms with Crippen molar-refractivity contribution in [3.63, 3.8) is 0 Å². The van der Waals surface area contributed by atoms with Crippen molar-refractivity contribution in [1.82, 2.24) is 15.2 Å². The predicted octanol–water partition coefficient (Wildman–Crippen LogP) is 2.50. The summed E-state index contributed by atoms with van der Waals surface area (Å²) in [5.41, 5.74) is 0. The van der Waals surface area contributed by atoms with E-state index in [1.807, 2.05) is 17.0 Å². The summed E-state index contributed by atoms with van der Waals surface area (Å²) in [6, 6.07) is 4.43. The number of halogens is 2. The number of nitrogens with zero attached hydrogens (tertiary/aromatic N) is 3. The van der Waals surface area contributed by atoms with Gasteiger partial charge in [-0.3, -0.25) is 4.79 Å². The van der Waals surface area contributed by atoms with Crippen molar-refractivity contribution >= 4 is 36.5 Å². The van der Waals surface area contributed by atoms with Crippen LogP contribution >= 0.6 is 24.8 Å². The molecule has 0 radical (unpaired) electrons. The lowest BCUT2D eigenvalue weighted by molar-refractivity contribution is -0.133. The van der Waals surface area contributed by atoms with Gasteiger partial charge in [-0.15, -0.1) is 24.8 Å². The van der Waals surface area contributed by atoms with Gasteiger partial charge in [0.2, 0.25) is 5.91 Å². The molecule has 3 fully saturated rings. The molecule has 6 nitrogen and oxygen atoms in total. The maximum absolute atomic E-state index is 12.9. The van der Waals surface area contributed by atoms with Crippen molar-refractivity contribution in [3.05, 3.63) is 18.3 Å². The molecule has 0 aromatic carbocycles. The molecule has 4 rings (SSSR count). The van der Waals surface area contributed by atoms with E-state index in [9.17, 15) is 4.79 Å². The van der Waals surface area contributed by atoms with E-state index in [-0.39, 0.29) is 30.9 Å². The van der Waals surface area contributed by atoms with Crippen LogP contribution in [0, 0.1) is 5.92 Å². The summed E-state index contributed by atoms with van der Waals surface area (Å²) in [5.74, 6) is 2.76. The van der Waals surface area contributed by atoms with E-state index in [1.165, 1.54) is 25.7 Å². The number of methoxy groups -OCH3 is 1. The summed E-state index contributed by atoms with van der Waals surface area (Å²) in [6.07, 6.45) is 7.97. The number of hydrogen-bond acceptors (Lipinski definition) is 5. The summed E-state index contributed by atoms with van der Waals surface area (Å²) in [5, 5.41) is 3.61. The van der Waals surface area contributed by atoms with Gasteiger partial charge < -0.3 is 19.9 Å². The van der Waals surface area contributed by atoms with Crippen LogP contribution in [0.25, 0.3) is 0 Å². The van der Waals surface area contributed by atoms with Crippen LogP contribution in [0.2, 0.25) is 0 Å². The number of amides is 1. The highest BCUT2D eigenvalue weighted by Crippen LogP contribution is 2.33. The largest absolute Gasteiger partial charge is 0.497 e. The summed E-state index contributed by atoms with van der Waals surface area (Å²) >= 11 is 0. The highest BCUT2D eigenvalue weighted by molar-refractivity contribution is 5.85. The molecule has 3 aliphatic rings. The van der Waals surface area contributed by atoms with Gasteiger partial charge in [-0.2, -0.15) is 0 Å². The molecule has 1 N–H and O–H groups in total. The van der Waals surface area contributed by atoms with Crippen molar-refractivity contribution < 1.29 is 9.53 Å². The number of pyridine rings is 1. The Bertz CT molecular complexity index is 611. The molecular weight excluding hydrogens is 387 g/mol. The number of carbonyl (C=O) groups excluding carboxylic acids is 1. The summed E-state index contributed by atoms with van der Waals surface area (Å²) in [4.78, 5) is 21.6. The van der Waals surface area contributed by atoms with Gasteiger partial charge in [-0.05, 0) is 31.2 Å². The van der Waals surface area contributed by atoms with Gasteiger partial charge in [-0.25, -0.2) is 4.98 Å². The zero-order chi connectivity index (χ0) is 17.2. The normalized spacial score (nSPS) is 27.2. The van der Waals surface area contributed by atoms with Crippen LogP contribution < -0.4 is 15.0 Å². The first kappa shape index (κ1) is 22.1. The van der Waals surface area contributed by atoms with E-state index in [0.29, 0.717) is 17.9 Å². The van der Waals surface area contributed by atoms with Crippen LogP contribution in [0.4, 0.5) is 5.82 Å². The molecule has 0 bridgehead atoms. The van der Waals surface area contributed by atoms with Crippen molar-refractivity contribution in [2.75, 3.05) is 38.2 Å². The number of piperazine rings is 1. The Morgan fingerprint density at radius 2 is 1.93 bits per heavy atom.